The number of ether oxygens (including phenoxy) is 3. The molecule has 0 atom stereocenters. The summed E-state index contributed by atoms with van der Waals surface area (Å²) in [6.45, 7) is 3.29. The molecule has 6 nitrogen and oxygen atoms in total. The van der Waals surface area contributed by atoms with Gasteiger partial charge in [-0.3, -0.25) is 5.43 Å². The van der Waals surface area contributed by atoms with E-state index in [0.717, 1.165) is 23.3 Å². The first-order chi connectivity index (χ1) is 13.2. The molecule has 7 heteroatoms. The molecular formula is C20H25N3O3S. The molecule has 0 amide bonds. The van der Waals surface area contributed by atoms with Gasteiger partial charge in [-0.2, -0.15) is 5.10 Å². The first-order valence-corrected chi connectivity index (χ1v) is 9.07. The van der Waals surface area contributed by atoms with Crippen LogP contribution in [0.1, 0.15) is 24.5 Å². The van der Waals surface area contributed by atoms with Crippen molar-refractivity contribution >= 4 is 23.5 Å². The van der Waals surface area contributed by atoms with Crippen molar-refractivity contribution in [3.63, 3.8) is 0 Å². The highest BCUT2D eigenvalue weighted by molar-refractivity contribution is 7.80. The number of nitrogens with zero attached hydrogens (tertiary/aromatic N) is 1. The van der Waals surface area contributed by atoms with E-state index in [-0.39, 0.29) is 0 Å². The Kier molecular flexibility index (Phi) is 8.38. The Labute approximate surface area is 165 Å². The number of rotatable bonds is 9. The third kappa shape index (κ3) is 6.79. The summed E-state index contributed by atoms with van der Waals surface area (Å²) in [5, 5.41) is 7.71. The molecule has 2 N–H and O–H groups in total. The van der Waals surface area contributed by atoms with Gasteiger partial charge in [0.05, 0.1) is 27.0 Å². The Morgan fingerprint density at radius 2 is 1.85 bits per heavy atom. The predicted octanol–water partition coefficient (Wildman–Crippen LogP) is 3.49. The van der Waals surface area contributed by atoms with Crippen LogP contribution in [-0.2, 0) is 6.54 Å². The summed E-state index contributed by atoms with van der Waals surface area (Å²) >= 11 is 5.23. The lowest BCUT2D eigenvalue weighted by Gasteiger charge is -2.10. The van der Waals surface area contributed by atoms with Crippen LogP contribution < -0.4 is 25.0 Å². The van der Waals surface area contributed by atoms with E-state index >= 15 is 0 Å². The van der Waals surface area contributed by atoms with Gasteiger partial charge in [-0.1, -0.05) is 19.1 Å². The quantitative estimate of drug-likeness (QED) is 0.390. The maximum atomic E-state index is 5.70. The van der Waals surface area contributed by atoms with Crippen LogP contribution in [-0.4, -0.2) is 32.2 Å². The summed E-state index contributed by atoms with van der Waals surface area (Å²) in [6.07, 6.45) is 2.61. The number of thiocarbonyl (C=S) groups is 1. The van der Waals surface area contributed by atoms with Crippen LogP contribution in [0.4, 0.5) is 0 Å². The molecule has 2 aromatic rings. The number of hydrazone groups is 1. The number of hydrogen-bond donors (Lipinski definition) is 2. The minimum atomic E-state index is 0.443. The van der Waals surface area contributed by atoms with Crippen molar-refractivity contribution in [2.45, 2.75) is 19.9 Å². The van der Waals surface area contributed by atoms with E-state index in [1.54, 1.807) is 20.4 Å². The SMILES string of the molecule is CCCOc1cc(/C=N\NC(=S)NCc2ccc(OC)cc2)ccc1OC. The Bertz CT molecular complexity index is 764. The van der Waals surface area contributed by atoms with E-state index in [2.05, 4.69) is 22.8 Å². The molecule has 0 radical (unpaired) electrons. The van der Waals surface area contributed by atoms with Crippen molar-refractivity contribution in [3.8, 4) is 17.2 Å². The van der Waals surface area contributed by atoms with Gasteiger partial charge in [0.25, 0.3) is 0 Å². The van der Waals surface area contributed by atoms with Gasteiger partial charge in [-0.25, -0.2) is 0 Å². The topological polar surface area (TPSA) is 64.1 Å². The molecule has 0 spiro atoms. The van der Waals surface area contributed by atoms with Gasteiger partial charge in [0.15, 0.2) is 16.6 Å². The summed E-state index contributed by atoms with van der Waals surface area (Å²) in [5.41, 5.74) is 4.78. The summed E-state index contributed by atoms with van der Waals surface area (Å²) < 4.78 is 16.1. The molecule has 0 bridgehead atoms. The third-order valence-corrected chi connectivity index (χ3v) is 3.88. The van der Waals surface area contributed by atoms with Gasteiger partial charge in [0.1, 0.15) is 5.75 Å². The normalized spacial score (nSPS) is 10.5. The maximum absolute atomic E-state index is 5.70. The van der Waals surface area contributed by atoms with Gasteiger partial charge in [-0.05, 0) is 60.1 Å². The second-order valence-corrected chi connectivity index (χ2v) is 6.07. The highest BCUT2D eigenvalue weighted by Gasteiger charge is 2.04. The molecule has 0 unspecified atom stereocenters. The Balaban J connectivity index is 1.85. The Morgan fingerprint density at radius 1 is 1.07 bits per heavy atom. The highest BCUT2D eigenvalue weighted by Crippen LogP contribution is 2.27. The van der Waals surface area contributed by atoms with E-state index in [1.165, 1.54) is 0 Å². The van der Waals surface area contributed by atoms with Crippen LogP contribution in [0.3, 0.4) is 0 Å². The third-order valence-electron chi connectivity index (χ3n) is 3.64. The molecule has 0 aliphatic carbocycles. The van der Waals surface area contributed by atoms with Crippen molar-refractivity contribution in [3.05, 3.63) is 53.6 Å². The van der Waals surface area contributed by atoms with Crippen LogP contribution in [0.5, 0.6) is 17.2 Å². The van der Waals surface area contributed by atoms with Crippen LogP contribution in [0.25, 0.3) is 0 Å². The standard InChI is InChI=1S/C20H25N3O3S/c1-4-11-26-19-12-16(7-10-18(19)25-3)14-22-23-20(27)21-13-15-5-8-17(24-2)9-6-15/h5-10,12,14H,4,11,13H2,1-3H3,(H2,21,23,27)/b22-14-. The number of benzene rings is 2. The first-order valence-electron chi connectivity index (χ1n) is 8.67. The van der Waals surface area contributed by atoms with Gasteiger partial charge < -0.3 is 19.5 Å². The monoisotopic (exact) mass is 387 g/mol. The van der Waals surface area contributed by atoms with E-state index in [0.29, 0.717) is 29.8 Å². The van der Waals surface area contributed by atoms with Crippen LogP contribution >= 0.6 is 12.2 Å². The molecule has 2 rings (SSSR count). The summed E-state index contributed by atoms with van der Waals surface area (Å²) in [6, 6.07) is 13.4. The minimum Gasteiger partial charge on any atom is -0.497 e. The van der Waals surface area contributed by atoms with Crippen molar-refractivity contribution in [1.29, 1.82) is 0 Å². The van der Waals surface area contributed by atoms with Gasteiger partial charge in [-0.15, -0.1) is 0 Å². The fourth-order valence-electron chi connectivity index (χ4n) is 2.23. The molecule has 144 valence electrons. The smallest absolute Gasteiger partial charge is 0.187 e. The Morgan fingerprint density at radius 3 is 2.52 bits per heavy atom. The second kappa shape index (κ2) is 11.0. The fraction of sp³-hybridized carbons (Fsp3) is 0.300. The van der Waals surface area contributed by atoms with Crippen LogP contribution in [0.2, 0.25) is 0 Å². The van der Waals surface area contributed by atoms with Crippen LogP contribution in [0, 0.1) is 0 Å². The highest BCUT2D eigenvalue weighted by atomic mass is 32.1. The van der Waals surface area contributed by atoms with E-state index < -0.39 is 0 Å². The zero-order valence-electron chi connectivity index (χ0n) is 15.8. The van der Waals surface area contributed by atoms with E-state index in [1.807, 2.05) is 42.5 Å². The lowest BCUT2D eigenvalue weighted by atomic mass is 10.2. The summed E-state index contributed by atoms with van der Waals surface area (Å²) in [4.78, 5) is 0. The van der Waals surface area contributed by atoms with Gasteiger partial charge in [0.2, 0.25) is 0 Å². The van der Waals surface area contributed by atoms with Crippen molar-refractivity contribution in [2.75, 3.05) is 20.8 Å². The molecule has 0 saturated carbocycles. The molecule has 0 saturated heterocycles. The lowest BCUT2D eigenvalue weighted by Crippen LogP contribution is -2.31. The minimum absolute atomic E-state index is 0.443. The zero-order chi connectivity index (χ0) is 19.5. The van der Waals surface area contributed by atoms with Gasteiger partial charge >= 0.3 is 0 Å². The Hall–Kier alpha value is -2.80. The van der Waals surface area contributed by atoms with E-state index in [4.69, 9.17) is 26.4 Å². The second-order valence-electron chi connectivity index (χ2n) is 5.66. The first kappa shape index (κ1) is 20.5. The maximum Gasteiger partial charge on any atom is 0.187 e. The number of nitrogens with one attached hydrogen (secondary N) is 2. The summed E-state index contributed by atoms with van der Waals surface area (Å²) in [7, 11) is 3.27. The average molecular weight is 388 g/mol. The lowest BCUT2D eigenvalue weighted by molar-refractivity contribution is 0.294. The predicted molar refractivity (Wildman–Crippen MR) is 112 cm³/mol. The molecule has 0 fully saturated rings. The van der Waals surface area contributed by atoms with Crippen molar-refractivity contribution < 1.29 is 14.2 Å². The molecule has 27 heavy (non-hydrogen) atoms. The number of methoxy groups -OCH3 is 2. The average Bonchev–Trinajstić information content (AvgIpc) is 2.71. The summed E-state index contributed by atoms with van der Waals surface area (Å²) in [5.74, 6) is 2.22. The zero-order valence-corrected chi connectivity index (χ0v) is 16.6. The van der Waals surface area contributed by atoms with Gasteiger partial charge in [0, 0.05) is 6.54 Å². The largest absolute Gasteiger partial charge is 0.497 e. The fourth-order valence-corrected chi connectivity index (χ4v) is 2.35. The molecule has 0 aromatic heterocycles. The van der Waals surface area contributed by atoms with Crippen LogP contribution in [0.15, 0.2) is 47.6 Å². The molecule has 0 aliphatic rings. The molecule has 0 heterocycles. The number of hydrogen-bond acceptors (Lipinski definition) is 5. The van der Waals surface area contributed by atoms with Crippen molar-refractivity contribution in [2.24, 2.45) is 5.10 Å². The van der Waals surface area contributed by atoms with E-state index in [9.17, 15) is 0 Å². The molecule has 0 aliphatic heterocycles. The van der Waals surface area contributed by atoms with Crippen molar-refractivity contribution in [1.82, 2.24) is 10.7 Å². The molecular weight excluding hydrogens is 362 g/mol. The molecule has 2 aromatic carbocycles.